The largest absolute Gasteiger partial charge is 0.395 e. The Morgan fingerprint density at radius 2 is 2.11 bits per heavy atom. The second kappa shape index (κ2) is 8.17. The van der Waals surface area contributed by atoms with Gasteiger partial charge in [-0.3, -0.25) is 4.90 Å². The van der Waals surface area contributed by atoms with Gasteiger partial charge in [-0.1, -0.05) is 0 Å². The number of hydrogen-bond acceptors (Lipinski definition) is 5. The van der Waals surface area contributed by atoms with E-state index >= 15 is 0 Å². The van der Waals surface area contributed by atoms with Crippen LogP contribution in [-0.2, 0) is 0 Å². The molecule has 0 bridgehead atoms. The summed E-state index contributed by atoms with van der Waals surface area (Å²) in [4.78, 5) is 4.95. The van der Waals surface area contributed by atoms with E-state index in [-0.39, 0.29) is 6.61 Å². The minimum atomic E-state index is 0.264. The highest BCUT2D eigenvalue weighted by Gasteiger charge is 2.30. The van der Waals surface area contributed by atoms with Crippen molar-refractivity contribution in [2.24, 2.45) is 5.92 Å². The number of aliphatic hydroxyl groups excluding tert-OH is 1. The van der Waals surface area contributed by atoms with Crippen LogP contribution in [0.25, 0.3) is 0 Å². The van der Waals surface area contributed by atoms with Crippen molar-refractivity contribution in [1.82, 2.24) is 20.4 Å². The Hall–Kier alpha value is -0.200. The lowest BCUT2D eigenvalue weighted by molar-refractivity contribution is 0.0920. The Kier molecular flexibility index (Phi) is 6.53. The Labute approximate surface area is 117 Å². The summed E-state index contributed by atoms with van der Waals surface area (Å²) in [6, 6.07) is 0.662. The predicted octanol–water partition coefficient (Wildman–Crippen LogP) is -0.816. The Balaban J connectivity index is 1.90. The van der Waals surface area contributed by atoms with Crippen LogP contribution in [0, 0.1) is 5.92 Å². The minimum Gasteiger partial charge on any atom is -0.395 e. The standard InChI is InChI=1S/C14H30N4O/c1-17(9-10-19)12-13-3-5-16-11-14(13)18-7-2-4-15-6-8-18/h13-16,19H,2-12H2,1H3. The lowest BCUT2D eigenvalue weighted by Crippen LogP contribution is -2.54. The van der Waals surface area contributed by atoms with E-state index in [9.17, 15) is 0 Å². The molecule has 2 unspecified atom stereocenters. The molecule has 2 fully saturated rings. The van der Waals surface area contributed by atoms with E-state index in [4.69, 9.17) is 5.11 Å². The van der Waals surface area contributed by atoms with E-state index in [2.05, 4.69) is 27.5 Å². The van der Waals surface area contributed by atoms with Crippen molar-refractivity contribution in [3.05, 3.63) is 0 Å². The van der Waals surface area contributed by atoms with Crippen LogP contribution in [0.2, 0.25) is 0 Å². The number of piperidine rings is 1. The quantitative estimate of drug-likeness (QED) is 0.610. The normalized spacial score (nSPS) is 30.5. The summed E-state index contributed by atoms with van der Waals surface area (Å²) >= 11 is 0. The van der Waals surface area contributed by atoms with Crippen LogP contribution in [0.4, 0.5) is 0 Å². The molecule has 2 saturated heterocycles. The minimum absolute atomic E-state index is 0.264. The fourth-order valence-electron chi connectivity index (χ4n) is 3.40. The third kappa shape index (κ3) is 4.68. The highest BCUT2D eigenvalue weighted by Crippen LogP contribution is 2.20. The molecular weight excluding hydrogens is 240 g/mol. The van der Waals surface area contributed by atoms with Crippen LogP contribution >= 0.6 is 0 Å². The van der Waals surface area contributed by atoms with Crippen molar-refractivity contribution in [1.29, 1.82) is 0 Å². The smallest absolute Gasteiger partial charge is 0.0558 e. The molecule has 19 heavy (non-hydrogen) atoms. The molecular formula is C14H30N4O. The maximum atomic E-state index is 9.05. The number of hydrogen-bond donors (Lipinski definition) is 3. The molecule has 0 aromatic carbocycles. The van der Waals surface area contributed by atoms with Gasteiger partial charge in [-0.15, -0.1) is 0 Å². The van der Waals surface area contributed by atoms with Crippen molar-refractivity contribution < 1.29 is 5.11 Å². The van der Waals surface area contributed by atoms with Crippen molar-refractivity contribution in [2.75, 3.05) is 66.0 Å². The molecule has 0 aromatic rings. The van der Waals surface area contributed by atoms with Crippen molar-refractivity contribution in [2.45, 2.75) is 18.9 Å². The van der Waals surface area contributed by atoms with Gasteiger partial charge in [0.2, 0.25) is 0 Å². The predicted molar refractivity (Wildman–Crippen MR) is 78.4 cm³/mol. The van der Waals surface area contributed by atoms with Crippen LogP contribution in [-0.4, -0.2) is 87.0 Å². The maximum absolute atomic E-state index is 9.05. The number of likely N-dealkylation sites (N-methyl/N-ethyl adjacent to an activating group) is 1. The first-order valence-corrected chi connectivity index (χ1v) is 7.76. The van der Waals surface area contributed by atoms with Crippen molar-refractivity contribution in [3.63, 3.8) is 0 Å². The molecule has 2 atom stereocenters. The third-order valence-corrected chi connectivity index (χ3v) is 4.46. The van der Waals surface area contributed by atoms with Crippen LogP contribution in [0.5, 0.6) is 0 Å². The summed E-state index contributed by atoms with van der Waals surface area (Å²) < 4.78 is 0. The molecule has 0 amide bonds. The lowest BCUT2D eigenvalue weighted by atomic mass is 9.90. The van der Waals surface area contributed by atoms with E-state index in [1.165, 1.54) is 25.9 Å². The summed E-state index contributed by atoms with van der Waals surface area (Å²) in [5.41, 5.74) is 0. The van der Waals surface area contributed by atoms with Gasteiger partial charge in [-0.2, -0.15) is 0 Å². The van der Waals surface area contributed by atoms with E-state index in [0.717, 1.165) is 45.2 Å². The Bertz CT molecular complexity index is 244. The van der Waals surface area contributed by atoms with Crippen molar-refractivity contribution >= 4 is 0 Å². The topological polar surface area (TPSA) is 50.8 Å². The van der Waals surface area contributed by atoms with Gasteiger partial charge >= 0.3 is 0 Å². The number of rotatable bonds is 5. The zero-order chi connectivity index (χ0) is 13.5. The molecule has 0 radical (unpaired) electrons. The second-order valence-electron chi connectivity index (χ2n) is 5.95. The average molecular weight is 270 g/mol. The monoisotopic (exact) mass is 270 g/mol. The van der Waals surface area contributed by atoms with Gasteiger partial charge in [0.05, 0.1) is 6.61 Å². The zero-order valence-corrected chi connectivity index (χ0v) is 12.3. The Morgan fingerprint density at radius 3 is 2.95 bits per heavy atom. The first kappa shape index (κ1) is 15.2. The molecule has 2 rings (SSSR count). The summed E-state index contributed by atoms with van der Waals surface area (Å²) in [7, 11) is 2.12. The highest BCUT2D eigenvalue weighted by molar-refractivity contribution is 4.88. The molecule has 0 saturated carbocycles. The third-order valence-electron chi connectivity index (χ3n) is 4.46. The fraction of sp³-hybridized carbons (Fsp3) is 1.00. The van der Waals surface area contributed by atoms with E-state index in [0.29, 0.717) is 6.04 Å². The van der Waals surface area contributed by atoms with Gasteiger partial charge in [0, 0.05) is 38.8 Å². The van der Waals surface area contributed by atoms with Gasteiger partial charge in [0.25, 0.3) is 0 Å². The number of aliphatic hydroxyl groups is 1. The molecule has 2 aliphatic heterocycles. The zero-order valence-electron chi connectivity index (χ0n) is 12.3. The fourth-order valence-corrected chi connectivity index (χ4v) is 3.40. The highest BCUT2D eigenvalue weighted by atomic mass is 16.3. The van der Waals surface area contributed by atoms with Crippen LogP contribution in [0.15, 0.2) is 0 Å². The molecule has 0 aliphatic carbocycles. The molecule has 5 nitrogen and oxygen atoms in total. The van der Waals surface area contributed by atoms with E-state index in [1.807, 2.05) is 0 Å². The van der Waals surface area contributed by atoms with Crippen LogP contribution in [0.3, 0.4) is 0 Å². The van der Waals surface area contributed by atoms with Gasteiger partial charge < -0.3 is 20.6 Å². The molecule has 2 heterocycles. The van der Waals surface area contributed by atoms with E-state index < -0.39 is 0 Å². The first-order chi connectivity index (χ1) is 9.31. The molecule has 0 aromatic heterocycles. The molecule has 5 heteroatoms. The van der Waals surface area contributed by atoms with Gasteiger partial charge in [-0.05, 0) is 45.4 Å². The molecule has 112 valence electrons. The molecule has 2 aliphatic rings. The van der Waals surface area contributed by atoms with Crippen LogP contribution < -0.4 is 10.6 Å². The van der Waals surface area contributed by atoms with E-state index in [1.54, 1.807) is 0 Å². The summed E-state index contributed by atoms with van der Waals surface area (Å²) in [6.07, 6.45) is 2.51. The molecule has 3 N–H and O–H groups in total. The summed E-state index contributed by atoms with van der Waals surface area (Å²) in [5.74, 6) is 0.732. The van der Waals surface area contributed by atoms with Crippen LogP contribution in [0.1, 0.15) is 12.8 Å². The van der Waals surface area contributed by atoms with Crippen molar-refractivity contribution in [3.8, 4) is 0 Å². The Morgan fingerprint density at radius 1 is 1.21 bits per heavy atom. The summed E-state index contributed by atoms with van der Waals surface area (Å²) in [5, 5.41) is 16.1. The first-order valence-electron chi connectivity index (χ1n) is 7.76. The lowest BCUT2D eigenvalue weighted by Gasteiger charge is -2.41. The number of nitrogens with zero attached hydrogens (tertiary/aromatic N) is 2. The van der Waals surface area contributed by atoms with Gasteiger partial charge in [-0.25, -0.2) is 0 Å². The molecule has 0 spiro atoms. The average Bonchev–Trinajstić information content (AvgIpc) is 2.68. The second-order valence-corrected chi connectivity index (χ2v) is 5.95. The maximum Gasteiger partial charge on any atom is 0.0558 e. The summed E-state index contributed by atoms with van der Waals surface area (Å²) in [6.45, 7) is 9.10. The van der Waals surface area contributed by atoms with Gasteiger partial charge in [0.1, 0.15) is 0 Å². The SMILES string of the molecule is CN(CCO)CC1CCNCC1N1CCCNCC1. The number of nitrogens with one attached hydrogen (secondary N) is 2. The van der Waals surface area contributed by atoms with Gasteiger partial charge in [0.15, 0.2) is 0 Å².